The largest absolute Gasteiger partial charge is 0.324 e. The molecule has 0 saturated carbocycles. The molecule has 0 radical (unpaired) electrons. The van der Waals surface area contributed by atoms with Crippen LogP contribution in [0.1, 0.15) is 36.1 Å². The molecule has 94 valence electrons. The van der Waals surface area contributed by atoms with Gasteiger partial charge in [-0.1, -0.05) is 17.7 Å². The van der Waals surface area contributed by atoms with Crippen LogP contribution in [0.15, 0.2) is 12.1 Å². The Balaban J connectivity index is 2.19. The summed E-state index contributed by atoms with van der Waals surface area (Å²) in [5, 5.41) is 0. The van der Waals surface area contributed by atoms with Gasteiger partial charge in [-0.15, -0.1) is 0 Å². The van der Waals surface area contributed by atoms with Crippen LogP contribution >= 0.6 is 0 Å². The Kier molecular flexibility index (Phi) is 3.28. The number of nitrogens with zero attached hydrogens (tertiary/aromatic N) is 1. The summed E-state index contributed by atoms with van der Waals surface area (Å²) in [6.07, 6.45) is 1.16. The second kappa shape index (κ2) is 4.43. The molecule has 0 saturated heterocycles. The lowest BCUT2D eigenvalue weighted by Gasteiger charge is -2.34. The summed E-state index contributed by atoms with van der Waals surface area (Å²) >= 11 is 0. The first-order valence-corrected chi connectivity index (χ1v) is 6.45. The van der Waals surface area contributed by atoms with Gasteiger partial charge in [0.15, 0.2) is 0 Å². The van der Waals surface area contributed by atoms with E-state index in [2.05, 4.69) is 44.7 Å². The van der Waals surface area contributed by atoms with Gasteiger partial charge in [0.25, 0.3) is 0 Å². The fourth-order valence-electron chi connectivity index (χ4n) is 2.89. The number of hydrogen-bond donors (Lipinski definition) is 1. The lowest BCUT2D eigenvalue weighted by Crippen LogP contribution is -2.46. The van der Waals surface area contributed by atoms with Gasteiger partial charge < -0.3 is 5.73 Å². The Hall–Kier alpha value is -0.860. The molecule has 0 amide bonds. The molecular formula is C15H24N2. The van der Waals surface area contributed by atoms with Crippen molar-refractivity contribution in [2.24, 2.45) is 5.73 Å². The van der Waals surface area contributed by atoms with E-state index in [1.807, 2.05) is 0 Å². The van der Waals surface area contributed by atoms with E-state index >= 15 is 0 Å². The second-order valence-corrected chi connectivity index (χ2v) is 6.17. The second-order valence-electron chi connectivity index (χ2n) is 6.17. The first-order valence-electron chi connectivity index (χ1n) is 6.45. The third-order valence-corrected chi connectivity index (χ3v) is 3.41. The van der Waals surface area contributed by atoms with Gasteiger partial charge in [0.2, 0.25) is 0 Å². The molecule has 0 aliphatic carbocycles. The third kappa shape index (κ3) is 3.08. The van der Waals surface area contributed by atoms with Crippen LogP contribution in [0.2, 0.25) is 0 Å². The Morgan fingerprint density at radius 3 is 2.65 bits per heavy atom. The average Bonchev–Trinajstić information content (AvgIpc) is 2.13. The summed E-state index contributed by atoms with van der Waals surface area (Å²) in [6.45, 7) is 11.8. The molecule has 0 unspecified atom stereocenters. The third-order valence-electron chi connectivity index (χ3n) is 3.41. The molecule has 0 fully saturated rings. The number of fused-ring (bicyclic) bond motifs is 1. The van der Waals surface area contributed by atoms with Crippen molar-refractivity contribution >= 4 is 0 Å². The molecule has 1 heterocycles. The quantitative estimate of drug-likeness (QED) is 0.848. The fraction of sp³-hybridized carbons (Fsp3) is 0.600. The normalized spacial score (nSPS) is 17.0. The van der Waals surface area contributed by atoms with Gasteiger partial charge in [-0.2, -0.15) is 0 Å². The number of benzene rings is 1. The Morgan fingerprint density at radius 2 is 2.00 bits per heavy atom. The van der Waals surface area contributed by atoms with E-state index in [0.29, 0.717) is 0 Å². The van der Waals surface area contributed by atoms with Crippen molar-refractivity contribution in [3.8, 4) is 0 Å². The molecule has 0 spiro atoms. The van der Waals surface area contributed by atoms with E-state index in [0.717, 1.165) is 26.1 Å². The van der Waals surface area contributed by atoms with E-state index in [1.54, 1.807) is 5.56 Å². The van der Waals surface area contributed by atoms with Crippen molar-refractivity contribution in [2.75, 3.05) is 13.1 Å². The van der Waals surface area contributed by atoms with Crippen molar-refractivity contribution in [1.29, 1.82) is 0 Å². The molecule has 0 aromatic heterocycles. The predicted octanol–water partition coefficient (Wildman–Crippen LogP) is 2.40. The van der Waals surface area contributed by atoms with E-state index < -0.39 is 0 Å². The highest BCUT2D eigenvalue weighted by atomic mass is 15.1. The minimum atomic E-state index is -0.101. The Bertz CT molecular complexity index is 416. The van der Waals surface area contributed by atoms with E-state index in [9.17, 15) is 0 Å². The molecular weight excluding hydrogens is 208 g/mol. The smallest absolute Gasteiger partial charge is 0.0237 e. The van der Waals surface area contributed by atoms with Gasteiger partial charge in [-0.05, 0) is 50.8 Å². The molecule has 1 aromatic carbocycles. The zero-order valence-electron chi connectivity index (χ0n) is 11.5. The maximum absolute atomic E-state index is 6.10. The van der Waals surface area contributed by atoms with Gasteiger partial charge in [-0.3, -0.25) is 4.90 Å². The van der Waals surface area contributed by atoms with E-state index in [1.165, 1.54) is 16.7 Å². The van der Waals surface area contributed by atoms with Gasteiger partial charge in [0, 0.05) is 25.2 Å². The zero-order chi connectivity index (χ0) is 12.6. The maximum atomic E-state index is 6.10. The summed E-state index contributed by atoms with van der Waals surface area (Å²) in [5.41, 5.74) is 11.9. The van der Waals surface area contributed by atoms with Gasteiger partial charge in [-0.25, -0.2) is 0 Å². The van der Waals surface area contributed by atoms with Crippen molar-refractivity contribution in [3.05, 3.63) is 34.4 Å². The fourth-order valence-corrected chi connectivity index (χ4v) is 2.89. The number of hydrogen-bond acceptors (Lipinski definition) is 2. The van der Waals surface area contributed by atoms with Crippen molar-refractivity contribution in [1.82, 2.24) is 4.90 Å². The van der Waals surface area contributed by atoms with Crippen molar-refractivity contribution in [2.45, 2.75) is 46.2 Å². The van der Waals surface area contributed by atoms with Crippen LogP contribution in [0, 0.1) is 13.8 Å². The monoisotopic (exact) mass is 232 g/mol. The van der Waals surface area contributed by atoms with Crippen LogP contribution in [-0.4, -0.2) is 23.5 Å². The molecule has 2 N–H and O–H groups in total. The minimum absolute atomic E-state index is 0.101. The average molecular weight is 232 g/mol. The minimum Gasteiger partial charge on any atom is -0.324 e. The molecule has 1 aliphatic heterocycles. The number of nitrogens with two attached hydrogens (primary N) is 1. The van der Waals surface area contributed by atoms with Crippen molar-refractivity contribution < 1.29 is 0 Å². The van der Waals surface area contributed by atoms with E-state index in [4.69, 9.17) is 5.73 Å². The van der Waals surface area contributed by atoms with Crippen LogP contribution in [0.5, 0.6) is 0 Å². The van der Waals surface area contributed by atoms with E-state index in [-0.39, 0.29) is 5.54 Å². The number of aryl methyl sites for hydroxylation is 2. The Morgan fingerprint density at radius 1 is 1.29 bits per heavy atom. The SMILES string of the molecule is Cc1cc(C)c2c(c1)CN(CC(C)(C)N)CC2. The first kappa shape index (κ1) is 12.6. The van der Waals surface area contributed by atoms with Crippen LogP contribution in [0.3, 0.4) is 0 Å². The highest BCUT2D eigenvalue weighted by Gasteiger charge is 2.22. The molecule has 0 bridgehead atoms. The van der Waals surface area contributed by atoms with Gasteiger partial charge in [0.05, 0.1) is 0 Å². The molecule has 2 heteroatoms. The van der Waals surface area contributed by atoms with Crippen LogP contribution in [-0.2, 0) is 13.0 Å². The van der Waals surface area contributed by atoms with Gasteiger partial charge >= 0.3 is 0 Å². The maximum Gasteiger partial charge on any atom is 0.0237 e. The summed E-state index contributed by atoms with van der Waals surface area (Å²) in [4.78, 5) is 2.47. The summed E-state index contributed by atoms with van der Waals surface area (Å²) in [7, 11) is 0. The summed E-state index contributed by atoms with van der Waals surface area (Å²) in [6, 6.07) is 4.62. The van der Waals surface area contributed by atoms with Crippen LogP contribution in [0.25, 0.3) is 0 Å². The highest BCUT2D eigenvalue weighted by Crippen LogP contribution is 2.24. The lowest BCUT2D eigenvalue weighted by molar-refractivity contribution is 0.209. The molecule has 1 aliphatic rings. The summed E-state index contributed by atoms with van der Waals surface area (Å²) in [5.74, 6) is 0. The molecule has 1 aromatic rings. The van der Waals surface area contributed by atoms with Gasteiger partial charge in [0.1, 0.15) is 0 Å². The highest BCUT2D eigenvalue weighted by molar-refractivity contribution is 5.39. The summed E-state index contributed by atoms with van der Waals surface area (Å²) < 4.78 is 0. The predicted molar refractivity (Wildman–Crippen MR) is 73.2 cm³/mol. The van der Waals surface area contributed by atoms with Crippen LogP contribution in [0.4, 0.5) is 0 Å². The molecule has 2 rings (SSSR count). The topological polar surface area (TPSA) is 29.3 Å². The lowest BCUT2D eigenvalue weighted by atomic mass is 9.92. The molecule has 17 heavy (non-hydrogen) atoms. The standard InChI is InChI=1S/C15H24N2/c1-11-7-12(2)14-5-6-17(9-13(14)8-11)10-15(3,4)16/h7-8H,5-6,9-10,16H2,1-4H3. The number of rotatable bonds is 2. The van der Waals surface area contributed by atoms with Crippen molar-refractivity contribution in [3.63, 3.8) is 0 Å². The molecule has 2 nitrogen and oxygen atoms in total. The van der Waals surface area contributed by atoms with Crippen LogP contribution < -0.4 is 5.73 Å². The molecule has 0 atom stereocenters. The first-order chi connectivity index (χ1) is 7.85. The Labute approximate surface area is 105 Å². The zero-order valence-corrected chi connectivity index (χ0v) is 11.5.